The number of unbranched alkanes of at least 4 members (excludes halogenated alkanes) is 3. The molecular formula is C13H29NO. The summed E-state index contributed by atoms with van der Waals surface area (Å²) < 4.78 is 0. The van der Waals surface area contributed by atoms with Crippen molar-refractivity contribution < 1.29 is 5.11 Å². The van der Waals surface area contributed by atoms with Crippen LogP contribution in [0.2, 0.25) is 0 Å². The second-order valence-corrected chi connectivity index (χ2v) is 4.37. The van der Waals surface area contributed by atoms with E-state index in [9.17, 15) is 0 Å². The van der Waals surface area contributed by atoms with Crippen molar-refractivity contribution in [1.29, 1.82) is 0 Å². The molecule has 0 radical (unpaired) electrons. The van der Waals surface area contributed by atoms with Crippen LogP contribution in [0.1, 0.15) is 65.2 Å². The molecule has 0 bridgehead atoms. The van der Waals surface area contributed by atoms with Crippen molar-refractivity contribution in [3.05, 3.63) is 0 Å². The summed E-state index contributed by atoms with van der Waals surface area (Å²) in [6.45, 7) is 5.97. The molecule has 2 N–H and O–H groups in total. The highest BCUT2D eigenvalue weighted by Gasteiger charge is 2.05. The molecule has 2 nitrogen and oxygen atoms in total. The minimum Gasteiger partial charge on any atom is -0.396 e. The first-order valence-corrected chi connectivity index (χ1v) is 6.69. The lowest BCUT2D eigenvalue weighted by molar-refractivity contribution is 0.282. The predicted octanol–water partition coefficient (Wildman–Crippen LogP) is 3.10. The Kier molecular flexibility index (Phi) is 11.9. The van der Waals surface area contributed by atoms with Gasteiger partial charge in [0.25, 0.3) is 0 Å². The Hall–Kier alpha value is -0.0800. The van der Waals surface area contributed by atoms with Crippen LogP contribution in [0.5, 0.6) is 0 Å². The summed E-state index contributed by atoms with van der Waals surface area (Å²) in [4.78, 5) is 0. The maximum atomic E-state index is 8.65. The van der Waals surface area contributed by atoms with Crippen LogP contribution in [0.4, 0.5) is 0 Å². The van der Waals surface area contributed by atoms with Gasteiger partial charge in [-0.25, -0.2) is 0 Å². The fourth-order valence-electron chi connectivity index (χ4n) is 1.87. The smallest absolute Gasteiger partial charge is 0.0431 e. The Morgan fingerprint density at radius 3 is 2.33 bits per heavy atom. The quantitative estimate of drug-likeness (QED) is 0.519. The van der Waals surface area contributed by atoms with Gasteiger partial charge in [0.2, 0.25) is 0 Å². The molecule has 92 valence electrons. The molecule has 2 heteroatoms. The van der Waals surface area contributed by atoms with E-state index in [1.165, 1.54) is 38.5 Å². The van der Waals surface area contributed by atoms with E-state index in [2.05, 4.69) is 19.2 Å². The van der Waals surface area contributed by atoms with Crippen molar-refractivity contribution >= 4 is 0 Å². The van der Waals surface area contributed by atoms with Gasteiger partial charge in [0.05, 0.1) is 0 Å². The van der Waals surface area contributed by atoms with E-state index in [1.807, 2.05) is 0 Å². The average molecular weight is 215 g/mol. The van der Waals surface area contributed by atoms with Crippen LogP contribution in [-0.4, -0.2) is 24.3 Å². The van der Waals surface area contributed by atoms with Gasteiger partial charge in [-0.05, 0) is 38.6 Å². The molecule has 0 saturated heterocycles. The van der Waals surface area contributed by atoms with Gasteiger partial charge in [-0.3, -0.25) is 0 Å². The molecule has 0 aliphatic heterocycles. The second-order valence-electron chi connectivity index (χ2n) is 4.37. The summed E-state index contributed by atoms with van der Waals surface area (Å²) in [5.41, 5.74) is 0. The zero-order valence-electron chi connectivity index (χ0n) is 10.6. The largest absolute Gasteiger partial charge is 0.396 e. The molecule has 0 spiro atoms. The van der Waals surface area contributed by atoms with Crippen molar-refractivity contribution in [2.24, 2.45) is 0 Å². The summed E-state index contributed by atoms with van der Waals surface area (Å²) in [6, 6.07) is 0.726. The monoisotopic (exact) mass is 215 g/mol. The lowest BCUT2D eigenvalue weighted by atomic mass is 10.0. The summed E-state index contributed by atoms with van der Waals surface area (Å²) in [5.74, 6) is 0. The number of rotatable bonds is 11. The third kappa shape index (κ3) is 10.2. The van der Waals surface area contributed by atoms with Gasteiger partial charge in [0.1, 0.15) is 0 Å². The number of hydrogen-bond acceptors (Lipinski definition) is 2. The fraction of sp³-hybridized carbons (Fsp3) is 1.00. The van der Waals surface area contributed by atoms with Crippen molar-refractivity contribution in [3.63, 3.8) is 0 Å². The van der Waals surface area contributed by atoms with E-state index >= 15 is 0 Å². The third-order valence-corrected chi connectivity index (χ3v) is 2.81. The van der Waals surface area contributed by atoms with Crippen molar-refractivity contribution in [3.8, 4) is 0 Å². The maximum Gasteiger partial charge on any atom is 0.0431 e. The Morgan fingerprint density at radius 1 is 0.933 bits per heavy atom. The molecular weight excluding hydrogens is 186 g/mol. The lowest BCUT2D eigenvalue weighted by Gasteiger charge is -2.17. The number of aliphatic hydroxyl groups is 1. The highest BCUT2D eigenvalue weighted by Crippen LogP contribution is 2.07. The van der Waals surface area contributed by atoms with E-state index in [0.29, 0.717) is 6.61 Å². The van der Waals surface area contributed by atoms with Gasteiger partial charge >= 0.3 is 0 Å². The van der Waals surface area contributed by atoms with Crippen molar-refractivity contribution in [2.75, 3.05) is 13.2 Å². The van der Waals surface area contributed by atoms with Gasteiger partial charge in [-0.2, -0.15) is 0 Å². The third-order valence-electron chi connectivity index (χ3n) is 2.81. The average Bonchev–Trinajstić information content (AvgIpc) is 2.25. The molecule has 0 aromatic heterocycles. The van der Waals surface area contributed by atoms with E-state index in [4.69, 9.17) is 5.11 Å². The Balaban J connectivity index is 3.38. The lowest BCUT2D eigenvalue weighted by Crippen LogP contribution is -2.29. The first-order chi connectivity index (χ1) is 7.35. The zero-order chi connectivity index (χ0) is 11.4. The van der Waals surface area contributed by atoms with Crippen molar-refractivity contribution in [2.45, 2.75) is 71.3 Å². The minimum absolute atomic E-state index is 0.341. The molecule has 0 aliphatic rings. The van der Waals surface area contributed by atoms with Crippen LogP contribution in [0, 0.1) is 0 Å². The molecule has 0 rings (SSSR count). The van der Waals surface area contributed by atoms with Gasteiger partial charge in [0, 0.05) is 12.6 Å². The number of aliphatic hydroxyl groups excluding tert-OH is 1. The normalized spacial score (nSPS) is 13.0. The zero-order valence-corrected chi connectivity index (χ0v) is 10.6. The van der Waals surface area contributed by atoms with E-state index < -0.39 is 0 Å². The topological polar surface area (TPSA) is 32.3 Å². The van der Waals surface area contributed by atoms with Crippen LogP contribution in [0.25, 0.3) is 0 Å². The van der Waals surface area contributed by atoms with Crippen LogP contribution in [-0.2, 0) is 0 Å². The molecule has 0 amide bonds. The minimum atomic E-state index is 0.341. The standard InChI is InChI=1S/C13H29NO/c1-3-5-10-13(9-4-2)14-11-7-6-8-12-15/h13-15H,3-12H2,1-2H3. The molecule has 0 aliphatic carbocycles. The van der Waals surface area contributed by atoms with Crippen LogP contribution < -0.4 is 5.32 Å². The highest BCUT2D eigenvalue weighted by molar-refractivity contribution is 4.66. The van der Waals surface area contributed by atoms with Gasteiger partial charge < -0.3 is 10.4 Å². The summed E-state index contributed by atoms with van der Waals surface area (Å²) in [7, 11) is 0. The van der Waals surface area contributed by atoms with E-state index in [1.54, 1.807) is 0 Å². The SMILES string of the molecule is CCCCC(CCC)NCCCCCO. The first kappa shape index (κ1) is 14.9. The Labute approximate surface area is 95.5 Å². The molecule has 1 atom stereocenters. The molecule has 0 fully saturated rings. The van der Waals surface area contributed by atoms with Crippen LogP contribution >= 0.6 is 0 Å². The van der Waals surface area contributed by atoms with Crippen LogP contribution in [0.3, 0.4) is 0 Å². The number of hydrogen-bond donors (Lipinski definition) is 2. The molecule has 15 heavy (non-hydrogen) atoms. The molecule has 0 heterocycles. The van der Waals surface area contributed by atoms with Gasteiger partial charge in [0.15, 0.2) is 0 Å². The van der Waals surface area contributed by atoms with Crippen molar-refractivity contribution in [1.82, 2.24) is 5.32 Å². The molecule has 0 aromatic rings. The molecule has 0 aromatic carbocycles. The predicted molar refractivity (Wildman–Crippen MR) is 67.2 cm³/mol. The molecule has 0 saturated carbocycles. The van der Waals surface area contributed by atoms with Gasteiger partial charge in [-0.15, -0.1) is 0 Å². The highest BCUT2D eigenvalue weighted by atomic mass is 16.2. The molecule has 1 unspecified atom stereocenters. The summed E-state index contributed by atoms with van der Waals surface area (Å²) in [5, 5.41) is 12.3. The second kappa shape index (κ2) is 12.0. The first-order valence-electron chi connectivity index (χ1n) is 6.69. The fourth-order valence-corrected chi connectivity index (χ4v) is 1.87. The summed E-state index contributed by atoms with van der Waals surface area (Å²) in [6.07, 6.45) is 9.85. The van der Waals surface area contributed by atoms with Gasteiger partial charge in [-0.1, -0.05) is 33.1 Å². The summed E-state index contributed by atoms with van der Waals surface area (Å²) >= 11 is 0. The van der Waals surface area contributed by atoms with Crippen LogP contribution in [0.15, 0.2) is 0 Å². The number of nitrogens with one attached hydrogen (secondary N) is 1. The van der Waals surface area contributed by atoms with E-state index in [0.717, 1.165) is 25.4 Å². The maximum absolute atomic E-state index is 8.65. The Morgan fingerprint density at radius 2 is 1.73 bits per heavy atom. The Bertz CT molecular complexity index is 117. The van der Waals surface area contributed by atoms with E-state index in [-0.39, 0.29) is 0 Å².